The van der Waals surface area contributed by atoms with Crippen molar-refractivity contribution >= 4 is 39.9 Å². The monoisotopic (exact) mass is 402 g/mol. The van der Waals surface area contributed by atoms with Gasteiger partial charge in [0, 0.05) is 15.7 Å². The van der Waals surface area contributed by atoms with Crippen molar-refractivity contribution in [1.29, 1.82) is 0 Å². The van der Waals surface area contributed by atoms with Crippen molar-refractivity contribution < 1.29 is 19.2 Å². The zero-order chi connectivity index (χ0) is 15.6. The van der Waals surface area contributed by atoms with Gasteiger partial charge >= 0.3 is 0 Å². The number of phenols is 1. The summed E-state index contributed by atoms with van der Waals surface area (Å²) in [6, 6.07) is 6.88. The van der Waals surface area contributed by atoms with Gasteiger partial charge in [-0.2, -0.15) is 0 Å². The van der Waals surface area contributed by atoms with Gasteiger partial charge in [-0.3, -0.25) is 14.9 Å². The molecule has 2 N–H and O–H groups in total. The minimum absolute atomic E-state index is 0.0886. The van der Waals surface area contributed by atoms with E-state index in [4.69, 9.17) is 0 Å². The van der Waals surface area contributed by atoms with Crippen LogP contribution in [0.15, 0.2) is 36.4 Å². The van der Waals surface area contributed by atoms with E-state index in [1.807, 2.05) is 0 Å². The lowest BCUT2D eigenvalue weighted by molar-refractivity contribution is -0.384. The number of benzene rings is 2. The highest BCUT2D eigenvalue weighted by molar-refractivity contribution is 14.1. The van der Waals surface area contributed by atoms with Crippen molar-refractivity contribution in [2.45, 2.75) is 0 Å². The predicted molar refractivity (Wildman–Crippen MR) is 81.8 cm³/mol. The van der Waals surface area contributed by atoms with Crippen LogP contribution in [-0.4, -0.2) is 15.9 Å². The Kier molecular flexibility index (Phi) is 4.36. The van der Waals surface area contributed by atoms with Gasteiger partial charge in [0.1, 0.15) is 11.6 Å². The summed E-state index contributed by atoms with van der Waals surface area (Å²) in [5.74, 6) is -1.38. The van der Waals surface area contributed by atoms with Crippen molar-refractivity contribution in [3.63, 3.8) is 0 Å². The number of carbonyl (C=O) groups excluding carboxylic acids is 1. The Morgan fingerprint density at radius 2 is 2.00 bits per heavy atom. The second kappa shape index (κ2) is 6.04. The third kappa shape index (κ3) is 3.45. The van der Waals surface area contributed by atoms with Crippen LogP contribution in [0.1, 0.15) is 10.4 Å². The summed E-state index contributed by atoms with van der Waals surface area (Å²) >= 11 is 1.80. The number of halogens is 2. The molecule has 0 aromatic heterocycles. The number of carbonyl (C=O) groups is 1. The average Bonchev–Trinajstić information content (AvgIpc) is 2.40. The molecule has 0 saturated carbocycles. The lowest BCUT2D eigenvalue weighted by Gasteiger charge is -2.08. The molecule has 0 radical (unpaired) electrons. The molecule has 0 aliphatic rings. The second-order valence-corrected chi connectivity index (χ2v) is 5.20. The number of nitrogens with zero attached hydrogens (tertiary/aromatic N) is 1. The van der Waals surface area contributed by atoms with Gasteiger partial charge in [-0.25, -0.2) is 4.39 Å². The minimum Gasteiger partial charge on any atom is -0.506 e. The van der Waals surface area contributed by atoms with E-state index >= 15 is 0 Å². The molecule has 6 nitrogen and oxygen atoms in total. The third-order valence-electron chi connectivity index (χ3n) is 2.61. The molecule has 0 fully saturated rings. The van der Waals surface area contributed by atoms with Crippen LogP contribution >= 0.6 is 22.6 Å². The number of aromatic hydroxyl groups is 1. The molecule has 0 aliphatic carbocycles. The van der Waals surface area contributed by atoms with Crippen molar-refractivity contribution in [1.82, 2.24) is 0 Å². The summed E-state index contributed by atoms with van der Waals surface area (Å²) in [7, 11) is 0. The van der Waals surface area contributed by atoms with Crippen molar-refractivity contribution in [3.8, 4) is 5.75 Å². The van der Waals surface area contributed by atoms with E-state index in [0.717, 1.165) is 24.3 Å². The summed E-state index contributed by atoms with van der Waals surface area (Å²) in [6.07, 6.45) is 0. The molecule has 0 heterocycles. The number of nitro benzene ring substituents is 1. The molecule has 2 aromatic rings. The first kappa shape index (κ1) is 15.2. The molecular formula is C13H8FIN2O4. The molecule has 0 atom stereocenters. The van der Waals surface area contributed by atoms with Crippen molar-refractivity contribution in [2.75, 3.05) is 5.32 Å². The number of phenolic OH excluding ortho intramolecular Hbond substituents is 1. The molecule has 108 valence electrons. The number of amides is 1. The highest BCUT2D eigenvalue weighted by Crippen LogP contribution is 2.28. The van der Waals surface area contributed by atoms with E-state index in [9.17, 15) is 24.4 Å². The Bertz CT molecular complexity index is 736. The first-order valence-electron chi connectivity index (χ1n) is 5.62. The quantitative estimate of drug-likeness (QED) is 0.357. The molecule has 0 unspecified atom stereocenters. The maximum absolute atomic E-state index is 13.0. The van der Waals surface area contributed by atoms with Crippen LogP contribution in [0, 0.1) is 19.5 Å². The van der Waals surface area contributed by atoms with Gasteiger partial charge in [-0.15, -0.1) is 0 Å². The molecule has 2 aromatic carbocycles. The fraction of sp³-hybridized carbons (Fsp3) is 0. The van der Waals surface area contributed by atoms with Gasteiger partial charge in [-0.1, -0.05) is 0 Å². The normalized spacial score (nSPS) is 10.2. The Morgan fingerprint density at radius 1 is 1.29 bits per heavy atom. The van der Waals surface area contributed by atoms with Gasteiger partial charge < -0.3 is 10.4 Å². The lowest BCUT2D eigenvalue weighted by Crippen LogP contribution is -2.13. The van der Waals surface area contributed by atoms with E-state index in [2.05, 4.69) is 5.32 Å². The third-order valence-corrected chi connectivity index (χ3v) is 3.51. The molecule has 21 heavy (non-hydrogen) atoms. The van der Waals surface area contributed by atoms with Crippen molar-refractivity contribution in [2.24, 2.45) is 0 Å². The highest BCUT2D eigenvalue weighted by atomic mass is 127. The first-order chi connectivity index (χ1) is 9.88. The molecule has 8 heteroatoms. The number of anilines is 1. The van der Waals surface area contributed by atoms with Crippen LogP contribution in [-0.2, 0) is 0 Å². The average molecular weight is 402 g/mol. The largest absolute Gasteiger partial charge is 0.506 e. The van der Waals surface area contributed by atoms with Crippen LogP contribution in [0.25, 0.3) is 0 Å². The van der Waals surface area contributed by atoms with Gasteiger partial charge in [0.05, 0.1) is 16.2 Å². The summed E-state index contributed by atoms with van der Waals surface area (Å²) in [4.78, 5) is 22.1. The number of non-ortho nitro benzene ring substituents is 1. The number of hydrogen-bond acceptors (Lipinski definition) is 4. The van der Waals surface area contributed by atoms with Gasteiger partial charge in [0.2, 0.25) is 0 Å². The van der Waals surface area contributed by atoms with E-state index in [0.29, 0.717) is 3.57 Å². The van der Waals surface area contributed by atoms with Crippen LogP contribution in [0.3, 0.4) is 0 Å². The fourth-order valence-corrected chi connectivity index (χ4v) is 2.32. The molecule has 0 spiro atoms. The highest BCUT2D eigenvalue weighted by Gasteiger charge is 2.15. The summed E-state index contributed by atoms with van der Waals surface area (Å²) in [5.41, 5.74) is -0.158. The Morgan fingerprint density at radius 3 is 2.62 bits per heavy atom. The Hall–Kier alpha value is -2.23. The van der Waals surface area contributed by atoms with Crippen LogP contribution in [0.4, 0.5) is 15.8 Å². The van der Waals surface area contributed by atoms with Crippen LogP contribution in [0.2, 0.25) is 0 Å². The fourth-order valence-electron chi connectivity index (χ4n) is 1.60. The topological polar surface area (TPSA) is 92.5 Å². The molecular weight excluding hydrogens is 394 g/mol. The standard InChI is InChI=1S/C13H8FIN2O4/c14-7-1-3-9(10(15)5-7)13(19)16-11-6-8(17(20)21)2-4-12(11)18/h1-6,18H,(H,16,19). The molecule has 0 saturated heterocycles. The maximum Gasteiger partial charge on any atom is 0.271 e. The molecule has 0 bridgehead atoms. The van der Waals surface area contributed by atoms with Crippen LogP contribution in [0.5, 0.6) is 5.75 Å². The van der Waals surface area contributed by atoms with Gasteiger partial charge in [0.25, 0.3) is 11.6 Å². The number of nitro groups is 1. The Balaban J connectivity index is 2.31. The summed E-state index contributed by atoms with van der Waals surface area (Å²) < 4.78 is 13.4. The maximum atomic E-state index is 13.0. The lowest BCUT2D eigenvalue weighted by atomic mass is 10.2. The summed E-state index contributed by atoms with van der Waals surface area (Å²) in [5, 5.41) is 22.7. The number of nitrogens with one attached hydrogen (secondary N) is 1. The zero-order valence-electron chi connectivity index (χ0n) is 10.3. The SMILES string of the molecule is O=C(Nc1cc([N+](=O)[O-])ccc1O)c1ccc(F)cc1I. The van der Waals surface area contributed by atoms with Gasteiger partial charge in [-0.05, 0) is 46.9 Å². The molecule has 2 rings (SSSR count). The molecule has 0 aliphatic heterocycles. The smallest absolute Gasteiger partial charge is 0.271 e. The van der Waals surface area contributed by atoms with E-state index in [1.54, 1.807) is 22.6 Å². The zero-order valence-corrected chi connectivity index (χ0v) is 12.5. The Labute approximate surface area is 131 Å². The second-order valence-electron chi connectivity index (χ2n) is 4.04. The van der Waals surface area contributed by atoms with E-state index < -0.39 is 16.6 Å². The predicted octanol–water partition coefficient (Wildman–Crippen LogP) is 3.30. The van der Waals surface area contributed by atoms with Crippen LogP contribution < -0.4 is 5.32 Å². The van der Waals surface area contributed by atoms with E-state index in [1.165, 1.54) is 12.1 Å². The van der Waals surface area contributed by atoms with Gasteiger partial charge in [0.15, 0.2) is 0 Å². The number of hydrogen-bond donors (Lipinski definition) is 2. The summed E-state index contributed by atoms with van der Waals surface area (Å²) in [6.45, 7) is 0. The van der Waals surface area contributed by atoms with Crippen molar-refractivity contribution in [3.05, 3.63) is 61.5 Å². The van der Waals surface area contributed by atoms with E-state index in [-0.39, 0.29) is 22.7 Å². The number of rotatable bonds is 3. The first-order valence-corrected chi connectivity index (χ1v) is 6.70. The molecule has 1 amide bonds. The minimum atomic E-state index is -0.642.